The predicted octanol–water partition coefficient (Wildman–Crippen LogP) is 2.63. The Morgan fingerprint density at radius 1 is 1.25 bits per heavy atom. The average molecular weight is 279 g/mol. The first-order valence-corrected chi connectivity index (χ1v) is 7.25. The highest BCUT2D eigenvalue weighted by molar-refractivity contribution is 5.36. The standard InChI is InChI=1S/C16H25NO3/c1-11-6-15(7-12(2)20-11)19-10-13-4-5-16(18-3)14(8-13)9-17/h4-5,8,11-12,15H,6-7,9-10,17H2,1-3H3. The fraction of sp³-hybridized carbons (Fsp3) is 0.625. The Balaban J connectivity index is 1.93. The van der Waals surface area contributed by atoms with Crippen LogP contribution in [0.25, 0.3) is 0 Å². The molecule has 1 aromatic rings. The summed E-state index contributed by atoms with van der Waals surface area (Å²) in [5.41, 5.74) is 7.89. The molecule has 1 aromatic carbocycles. The second kappa shape index (κ2) is 7.07. The molecule has 2 N–H and O–H groups in total. The lowest BCUT2D eigenvalue weighted by atomic mass is 10.0. The molecule has 0 aromatic heterocycles. The number of nitrogens with two attached hydrogens (primary N) is 1. The molecule has 112 valence electrons. The molecule has 20 heavy (non-hydrogen) atoms. The summed E-state index contributed by atoms with van der Waals surface area (Å²) in [6.45, 7) is 5.29. The van der Waals surface area contributed by atoms with Crippen LogP contribution in [0, 0.1) is 0 Å². The Labute approximate surface area is 121 Å². The molecular weight excluding hydrogens is 254 g/mol. The van der Waals surface area contributed by atoms with Gasteiger partial charge in [-0.15, -0.1) is 0 Å². The van der Waals surface area contributed by atoms with Crippen molar-refractivity contribution in [2.75, 3.05) is 7.11 Å². The first-order valence-electron chi connectivity index (χ1n) is 7.25. The number of ether oxygens (including phenoxy) is 3. The lowest BCUT2D eigenvalue weighted by molar-refractivity contribution is -0.106. The molecule has 4 heteroatoms. The van der Waals surface area contributed by atoms with Crippen molar-refractivity contribution in [2.24, 2.45) is 5.73 Å². The van der Waals surface area contributed by atoms with Gasteiger partial charge in [0.2, 0.25) is 0 Å². The fourth-order valence-corrected chi connectivity index (χ4v) is 2.78. The number of hydrogen-bond donors (Lipinski definition) is 1. The van der Waals surface area contributed by atoms with Crippen molar-refractivity contribution in [1.82, 2.24) is 0 Å². The largest absolute Gasteiger partial charge is 0.496 e. The zero-order valence-corrected chi connectivity index (χ0v) is 12.6. The van der Waals surface area contributed by atoms with Gasteiger partial charge >= 0.3 is 0 Å². The van der Waals surface area contributed by atoms with E-state index in [4.69, 9.17) is 19.9 Å². The molecule has 1 aliphatic rings. The van der Waals surface area contributed by atoms with Crippen molar-refractivity contribution in [1.29, 1.82) is 0 Å². The van der Waals surface area contributed by atoms with Crippen molar-refractivity contribution in [3.05, 3.63) is 29.3 Å². The molecule has 2 atom stereocenters. The summed E-state index contributed by atoms with van der Waals surface area (Å²) in [5.74, 6) is 0.838. The second-order valence-electron chi connectivity index (χ2n) is 5.51. The van der Waals surface area contributed by atoms with E-state index in [-0.39, 0.29) is 18.3 Å². The monoisotopic (exact) mass is 279 g/mol. The molecule has 0 saturated carbocycles. The highest BCUT2D eigenvalue weighted by Crippen LogP contribution is 2.24. The van der Waals surface area contributed by atoms with Crippen molar-refractivity contribution in [3.8, 4) is 5.75 Å². The Hall–Kier alpha value is -1.10. The maximum atomic E-state index is 6.02. The van der Waals surface area contributed by atoms with Crippen LogP contribution in [0.2, 0.25) is 0 Å². The van der Waals surface area contributed by atoms with Gasteiger partial charge in [0, 0.05) is 12.1 Å². The lowest BCUT2D eigenvalue weighted by Gasteiger charge is -2.32. The van der Waals surface area contributed by atoms with E-state index in [1.54, 1.807) is 7.11 Å². The van der Waals surface area contributed by atoms with E-state index in [1.807, 2.05) is 12.1 Å². The lowest BCUT2D eigenvalue weighted by Crippen LogP contribution is -2.33. The summed E-state index contributed by atoms with van der Waals surface area (Å²) in [5, 5.41) is 0. The Bertz CT molecular complexity index is 426. The minimum atomic E-state index is 0.275. The van der Waals surface area contributed by atoms with Gasteiger partial charge in [-0.2, -0.15) is 0 Å². The SMILES string of the molecule is COc1ccc(COC2CC(C)OC(C)C2)cc1CN. The Kier molecular flexibility index (Phi) is 5.40. The molecular formula is C16H25NO3. The third kappa shape index (κ3) is 3.95. The molecule has 1 heterocycles. The summed E-state index contributed by atoms with van der Waals surface area (Å²) in [4.78, 5) is 0. The van der Waals surface area contributed by atoms with Crippen LogP contribution in [-0.2, 0) is 22.6 Å². The second-order valence-corrected chi connectivity index (χ2v) is 5.51. The summed E-state index contributed by atoms with van der Waals surface area (Å²) >= 11 is 0. The molecule has 4 nitrogen and oxygen atoms in total. The maximum absolute atomic E-state index is 6.02. The van der Waals surface area contributed by atoms with Crippen LogP contribution in [0.1, 0.15) is 37.8 Å². The minimum Gasteiger partial charge on any atom is -0.496 e. The van der Waals surface area contributed by atoms with E-state index >= 15 is 0 Å². The zero-order valence-electron chi connectivity index (χ0n) is 12.6. The Morgan fingerprint density at radius 2 is 1.95 bits per heavy atom. The topological polar surface area (TPSA) is 53.7 Å². The van der Waals surface area contributed by atoms with Gasteiger partial charge in [-0.05, 0) is 44.4 Å². The summed E-state index contributed by atoms with van der Waals surface area (Å²) in [7, 11) is 1.66. The first-order chi connectivity index (χ1) is 9.62. The average Bonchev–Trinajstić information content (AvgIpc) is 2.43. The molecule has 0 aliphatic carbocycles. The number of hydrogen-bond acceptors (Lipinski definition) is 4. The Morgan fingerprint density at radius 3 is 2.55 bits per heavy atom. The van der Waals surface area contributed by atoms with Gasteiger partial charge < -0.3 is 19.9 Å². The predicted molar refractivity (Wildman–Crippen MR) is 78.7 cm³/mol. The van der Waals surface area contributed by atoms with Gasteiger partial charge in [0.25, 0.3) is 0 Å². The van der Waals surface area contributed by atoms with Gasteiger partial charge in [-0.1, -0.05) is 6.07 Å². The fourth-order valence-electron chi connectivity index (χ4n) is 2.78. The molecule has 0 amide bonds. The van der Waals surface area contributed by atoms with E-state index < -0.39 is 0 Å². The highest BCUT2D eigenvalue weighted by Gasteiger charge is 2.24. The van der Waals surface area contributed by atoms with Crippen molar-refractivity contribution in [3.63, 3.8) is 0 Å². The molecule has 1 saturated heterocycles. The van der Waals surface area contributed by atoms with Gasteiger partial charge in [0.1, 0.15) is 5.75 Å². The quantitative estimate of drug-likeness (QED) is 0.900. The molecule has 0 spiro atoms. The van der Waals surface area contributed by atoms with Gasteiger partial charge in [0.15, 0.2) is 0 Å². The highest BCUT2D eigenvalue weighted by atomic mass is 16.5. The van der Waals surface area contributed by atoms with E-state index in [0.29, 0.717) is 13.2 Å². The van der Waals surface area contributed by atoms with Crippen LogP contribution in [0.15, 0.2) is 18.2 Å². The zero-order chi connectivity index (χ0) is 14.5. The molecule has 1 fully saturated rings. The van der Waals surface area contributed by atoms with Crippen molar-refractivity contribution in [2.45, 2.75) is 58.2 Å². The number of methoxy groups -OCH3 is 1. The van der Waals surface area contributed by atoms with Crippen LogP contribution < -0.4 is 10.5 Å². The van der Waals surface area contributed by atoms with Gasteiger partial charge in [-0.25, -0.2) is 0 Å². The molecule has 2 rings (SSSR count). The summed E-state index contributed by atoms with van der Waals surface area (Å²) in [6, 6.07) is 6.05. The van der Waals surface area contributed by atoms with Crippen molar-refractivity contribution < 1.29 is 14.2 Å². The van der Waals surface area contributed by atoms with Crippen molar-refractivity contribution >= 4 is 0 Å². The van der Waals surface area contributed by atoms with E-state index in [1.165, 1.54) is 0 Å². The number of benzene rings is 1. The minimum absolute atomic E-state index is 0.275. The van der Waals surface area contributed by atoms with E-state index in [0.717, 1.165) is 29.7 Å². The van der Waals surface area contributed by atoms with Crippen LogP contribution in [-0.4, -0.2) is 25.4 Å². The maximum Gasteiger partial charge on any atom is 0.123 e. The summed E-state index contributed by atoms with van der Waals surface area (Å²) in [6.07, 6.45) is 2.75. The molecule has 1 aliphatic heterocycles. The van der Waals surface area contributed by atoms with Crippen LogP contribution in [0.4, 0.5) is 0 Å². The van der Waals surface area contributed by atoms with Gasteiger partial charge in [-0.3, -0.25) is 0 Å². The van der Waals surface area contributed by atoms with Crippen LogP contribution in [0.3, 0.4) is 0 Å². The normalized spacial score (nSPS) is 26.5. The van der Waals surface area contributed by atoms with Gasteiger partial charge in [0.05, 0.1) is 32.0 Å². The third-order valence-electron chi connectivity index (χ3n) is 3.70. The number of rotatable bonds is 5. The van der Waals surface area contributed by atoms with E-state index in [9.17, 15) is 0 Å². The molecule has 2 unspecified atom stereocenters. The third-order valence-corrected chi connectivity index (χ3v) is 3.70. The smallest absolute Gasteiger partial charge is 0.123 e. The molecule has 0 bridgehead atoms. The van der Waals surface area contributed by atoms with Crippen LogP contribution >= 0.6 is 0 Å². The summed E-state index contributed by atoms with van der Waals surface area (Å²) < 4.78 is 17.0. The first kappa shape index (κ1) is 15.3. The van der Waals surface area contributed by atoms with E-state index in [2.05, 4.69) is 19.9 Å². The molecule has 0 radical (unpaired) electrons. The van der Waals surface area contributed by atoms with Crippen LogP contribution in [0.5, 0.6) is 5.75 Å².